The molecule has 4 aromatic rings. The standard InChI is InChI=1S/C29H24Cl3F3N4O3S/c1-17-7-10-22(11-8-17)43(41,42)38(21-9-12-24(30)23(14-21)29(33,34)35)16-27(40)37-36-15-20-13-18(2)39(19(20)3)26-6-4-5-25(31)28(26)32/h4-15H,16H2,1-3H3,(H,37,40)/b36-15-. The molecule has 0 spiro atoms. The van der Waals surface area contributed by atoms with E-state index in [1.165, 1.54) is 30.5 Å². The van der Waals surface area contributed by atoms with Crippen LogP contribution < -0.4 is 9.73 Å². The summed E-state index contributed by atoms with van der Waals surface area (Å²) in [4.78, 5) is 12.7. The van der Waals surface area contributed by atoms with Crippen LogP contribution in [0.4, 0.5) is 18.9 Å². The third-order valence-corrected chi connectivity index (χ3v) is 9.40. The smallest absolute Gasteiger partial charge is 0.316 e. The maximum atomic E-state index is 13.6. The first-order chi connectivity index (χ1) is 20.1. The van der Waals surface area contributed by atoms with Gasteiger partial charge in [-0.1, -0.05) is 58.6 Å². The van der Waals surface area contributed by atoms with Crippen molar-refractivity contribution in [2.75, 3.05) is 10.8 Å². The third kappa shape index (κ3) is 7.01. The van der Waals surface area contributed by atoms with Gasteiger partial charge in [-0.2, -0.15) is 18.3 Å². The highest BCUT2D eigenvalue weighted by atomic mass is 35.5. The van der Waals surface area contributed by atoms with Crippen molar-refractivity contribution in [2.45, 2.75) is 31.8 Å². The lowest BCUT2D eigenvalue weighted by atomic mass is 10.2. The Bertz CT molecular complexity index is 1820. The minimum absolute atomic E-state index is 0.218. The number of carbonyl (C=O) groups is 1. The summed E-state index contributed by atoms with van der Waals surface area (Å²) < 4.78 is 70.3. The van der Waals surface area contributed by atoms with Crippen molar-refractivity contribution in [2.24, 2.45) is 5.10 Å². The lowest BCUT2D eigenvalue weighted by molar-refractivity contribution is -0.137. The van der Waals surface area contributed by atoms with E-state index in [1.54, 1.807) is 31.2 Å². The molecule has 7 nitrogen and oxygen atoms in total. The molecule has 1 amide bonds. The lowest BCUT2D eigenvalue weighted by Gasteiger charge is -2.25. The zero-order chi connectivity index (χ0) is 31.7. The van der Waals surface area contributed by atoms with Crippen molar-refractivity contribution in [1.82, 2.24) is 9.99 Å². The average Bonchev–Trinajstić information content (AvgIpc) is 3.21. The topological polar surface area (TPSA) is 83.8 Å². The van der Waals surface area contributed by atoms with Gasteiger partial charge in [-0.25, -0.2) is 13.8 Å². The van der Waals surface area contributed by atoms with Crippen LogP contribution in [0.2, 0.25) is 15.1 Å². The number of halogens is 6. The summed E-state index contributed by atoms with van der Waals surface area (Å²) in [5, 5.41) is 4.07. The normalized spacial score (nSPS) is 12.1. The number of carbonyl (C=O) groups excluding carboxylic acids is 1. The number of nitrogens with zero attached hydrogens (tertiary/aromatic N) is 3. The predicted molar refractivity (Wildman–Crippen MR) is 163 cm³/mol. The van der Waals surface area contributed by atoms with Gasteiger partial charge >= 0.3 is 6.18 Å². The summed E-state index contributed by atoms with van der Waals surface area (Å²) in [6.07, 6.45) is -3.50. The number of benzene rings is 3. The number of amides is 1. The summed E-state index contributed by atoms with van der Waals surface area (Å²) in [7, 11) is -4.48. The number of rotatable bonds is 8. The van der Waals surface area contributed by atoms with Gasteiger partial charge in [0.1, 0.15) is 6.54 Å². The van der Waals surface area contributed by atoms with Gasteiger partial charge in [-0.15, -0.1) is 0 Å². The molecule has 0 bridgehead atoms. The molecule has 0 aliphatic carbocycles. The van der Waals surface area contributed by atoms with E-state index in [9.17, 15) is 26.4 Å². The van der Waals surface area contributed by atoms with Gasteiger partial charge in [0.25, 0.3) is 15.9 Å². The number of hydrogen-bond donors (Lipinski definition) is 1. The van der Waals surface area contributed by atoms with Crippen molar-refractivity contribution >= 4 is 62.6 Å². The second-order valence-corrected chi connectivity index (χ2v) is 12.6. The van der Waals surface area contributed by atoms with Gasteiger partial charge in [-0.3, -0.25) is 9.10 Å². The van der Waals surface area contributed by atoms with E-state index >= 15 is 0 Å². The highest BCUT2D eigenvalue weighted by molar-refractivity contribution is 7.92. The Morgan fingerprint density at radius 2 is 1.65 bits per heavy atom. The average molecular weight is 672 g/mol. The zero-order valence-corrected chi connectivity index (χ0v) is 26.0. The fourth-order valence-electron chi connectivity index (χ4n) is 4.33. The monoisotopic (exact) mass is 670 g/mol. The summed E-state index contributed by atoms with van der Waals surface area (Å²) in [6.45, 7) is 4.52. The van der Waals surface area contributed by atoms with Crippen LogP contribution in [0, 0.1) is 20.8 Å². The Morgan fingerprint density at radius 1 is 0.977 bits per heavy atom. The largest absolute Gasteiger partial charge is 0.417 e. The van der Waals surface area contributed by atoms with Gasteiger partial charge in [0.2, 0.25) is 0 Å². The molecule has 1 aromatic heterocycles. The molecule has 0 fully saturated rings. The molecule has 0 saturated heterocycles. The highest BCUT2D eigenvalue weighted by Crippen LogP contribution is 2.38. The highest BCUT2D eigenvalue weighted by Gasteiger charge is 2.35. The van der Waals surface area contributed by atoms with Crippen LogP contribution in [-0.4, -0.2) is 31.7 Å². The number of hydrazone groups is 1. The Labute approximate surface area is 261 Å². The first-order valence-corrected chi connectivity index (χ1v) is 15.1. The van der Waals surface area contributed by atoms with Crippen molar-refractivity contribution in [3.05, 3.63) is 110 Å². The van der Waals surface area contributed by atoms with E-state index in [4.69, 9.17) is 34.8 Å². The van der Waals surface area contributed by atoms with Crippen LogP contribution >= 0.6 is 34.8 Å². The van der Waals surface area contributed by atoms with Gasteiger partial charge < -0.3 is 4.57 Å². The van der Waals surface area contributed by atoms with Crippen molar-refractivity contribution in [3.8, 4) is 5.69 Å². The first kappa shape index (κ1) is 32.4. The summed E-state index contributed by atoms with van der Waals surface area (Å²) in [6, 6.07) is 15.3. The van der Waals surface area contributed by atoms with E-state index in [0.717, 1.165) is 29.1 Å². The van der Waals surface area contributed by atoms with Gasteiger partial charge in [-0.05, 0) is 69.3 Å². The molecule has 0 aliphatic rings. The van der Waals surface area contributed by atoms with E-state index in [2.05, 4.69) is 10.5 Å². The fraction of sp³-hybridized carbons (Fsp3) is 0.172. The quantitative estimate of drug-likeness (QED) is 0.154. The van der Waals surface area contributed by atoms with Crippen LogP contribution in [0.5, 0.6) is 0 Å². The minimum atomic E-state index is -4.86. The van der Waals surface area contributed by atoms with Gasteiger partial charge in [0.15, 0.2) is 0 Å². The second-order valence-electron chi connectivity index (χ2n) is 9.51. The van der Waals surface area contributed by atoms with Gasteiger partial charge in [0.05, 0.1) is 43.1 Å². The van der Waals surface area contributed by atoms with Crippen LogP contribution in [0.3, 0.4) is 0 Å². The molecule has 226 valence electrons. The summed E-state index contributed by atoms with van der Waals surface area (Å²) in [5.74, 6) is -0.901. The predicted octanol–water partition coefficient (Wildman–Crippen LogP) is 7.73. The summed E-state index contributed by atoms with van der Waals surface area (Å²) >= 11 is 18.3. The Balaban J connectivity index is 1.63. The van der Waals surface area contributed by atoms with Crippen molar-refractivity contribution in [3.63, 3.8) is 0 Å². The number of aromatic nitrogens is 1. The number of sulfonamides is 1. The first-order valence-electron chi connectivity index (χ1n) is 12.5. The molecule has 1 heterocycles. The molecule has 0 saturated carbocycles. The molecule has 0 unspecified atom stereocenters. The van der Waals surface area contributed by atoms with Crippen molar-refractivity contribution < 1.29 is 26.4 Å². The maximum Gasteiger partial charge on any atom is 0.417 e. The third-order valence-electron chi connectivity index (χ3n) is 6.47. The fourth-order valence-corrected chi connectivity index (χ4v) is 6.35. The van der Waals surface area contributed by atoms with E-state index in [-0.39, 0.29) is 4.90 Å². The van der Waals surface area contributed by atoms with Crippen molar-refractivity contribution in [1.29, 1.82) is 0 Å². The summed E-state index contributed by atoms with van der Waals surface area (Å²) in [5.41, 5.74) is 4.16. The molecule has 1 N–H and O–H groups in total. The van der Waals surface area contributed by atoms with E-state index in [1.807, 2.05) is 18.4 Å². The number of aryl methyl sites for hydroxylation is 2. The molecule has 4 rings (SSSR count). The van der Waals surface area contributed by atoms with Crippen LogP contribution in [-0.2, 0) is 21.0 Å². The number of alkyl halides is 3. The van der Waals surface area contributed by atoms with Gasteiger partial charge in [0, 0.05) is 17.0 Å². The SMILES string of the molecule is Cc1ccc(S(=O)(=O)N(CC(=O)N/N=C\c2cc(C)n(-c3cccc(Cl)c3Cl)c2C)c2ccc(Cl)c(C(F)(F)F)c2)cc1. The Kier molecular flexibility index (Phi) is 9.51. The molecule has 3 aromatic carbocycles. The molecular formula is C29H24Cl3F3N4O3S. The van der Waals surface area contributed by atoms with Crippen LogP contribution in [0.15, 0.2) is 76.7 Å². The lowest BCUT2D eigenvalue weighted by Crippen LogP contribution is -2.39. The number of nitrogens with one attached hydrogen (secondary N) is 1. The second kappa shape index (κ2) is 12.6. The zero-order valence-electron chi connectivity index (χ0n) is 22.9. The molecule has 0 radical (unpaired) electrons. The molecule has 14 heteroatoms. The van der Waals surface area contributed by atoms with E-state index < -0.39 is 44.9 Å². The number of anilines is 1. The molecule has 43 heavy (non-hydrogen) atoms. The molecule has 0 aliphatic heterocycles. The Hall–Kier alpha value is -3.51. The Morgan fingerprint density at radius 3 is 2.30 bits per heavy atom. The maximum absolute atomic E-state index is 13.6. The minimum Gasteiger partial charge on any atom is -0.316 e. The van der Waals surface area contributed by atoms with Crippen LogP contribution in [0.25, 0.3) is 5.69 Å². The number of hydrogen-bond acceptors (Lipinski definition) is 4. The van der Waals surface area contributed by atoms with Crippen LogP contribution in [0.1, 0.15) is 28.1 Å². The van der Waals surface area contributed by atoms with E-state index in [0.29, 0.717) is 31.7 Å². The molecular weight excluding hydrogens is 648 g/mol. The molecule has 0 atom stereocenters.